The summed E-state index contributed by atoms with van der Waals surface area (Å²) in [4.78, 5) is 24.0. The normalized spacial score (nSPS) is 43.0. The lowest BCUT2D eigenvalue weighted by Gasteiger charge is -2.43. The van der Waals surface area contributed by atoms with E-state index in [1.165, 1.54) is 13.2 Å². The molecule has 4 N–H and O–H groups in total. The quantitative estimate of drug-likeness (QED) is 0.399. The lowest BCUT2D eigenvalue weighted by Crippen LogP contribution is -2.60. The molecule has 2 fully saturated rings. The molecule has 0 aromatic carbocycles. The number of fused-ring (bicyclic) bond motifs is 1. The van der Waals surface area contributed by atoms with Crippen LogP contribution in [0.25, 0.3) is 0 Å². The molecule has 2 saturated heterocycles. The fourth-order valence-electron chi connectivity index (χ4n) is 3.50. The van der Waals surface area contributed by atoms with Crippen molar-refractivity contribution in [3.8, 4) is 0 Å². The third kappa shape index (κ3) is 3.36. The van der Waals surface area contributed by atoms with Gasteiger partial charge in [-0.05, 0) is 13.3 Å². The molecule has 3 aliphatic heterocycles. The molecular formula is C16H22O10. The first-order chi connectivity index (χ1) is 12.3. The molecule has 0 aromatic heterocycles. The van der Waals surface area contributed by atoms with Gasteiger partial charge in [-0.25, -0.2) is 4.79 Å². The van der Waals surface area contributed by atoms with Crippen LogP contribution in [0, 0.1) is 11.8 Å². The van der Waals surface area contributed by atoms with Gasteiger partial charge >= 0.3 is 5.97 Å². The van der Waals surface area contributed by atoms with E-state index < -0.39 is 61.4 Å². The summed E-state index contributed by atoms with van der Waals surface area (Å²) in [6, 6.07) is 0. The van der Waals surface area contributed by atoms with Crippen molar-refractivity contribution in [2.45, 2.75) is 50.3 Å². The maximum Gasteiger partial charge on any atom is 0.337 e. The molecule has 0 radical (unpaired) electrons. The molecule has 0 spiro atoms. The minimum Gasteiger partial charge on any atom is -0.471 e. The Labute approximate surface area is 148 Å². The predicted molar refractivity (Wildman–Crippen MR) is 81.0 cm³/mol. The number of carbonyl (C=O) groups excluding carboxylic acids is 2. The zero-order valence-corrected chi connectivity index (χ0v) is 14.1. The van der Waals surface area contributed by atoms with Crippen LogP contribution in [0.1, 0.15) is 13.3 Å². The Morgan fingerprint density at radius 1 is 1.23 bits per heavy atom. The standard InChI is InChI=1S/C16H22O10/c1-6(18)10-7-2-3-23-14(22)8(7)5-24-15(10)26-16-13(21)12(20)11(19)9(4-17)25-16/h5,7,9-13,15-17,19-21H,2-4H2,1H3/t7-,9-,10+,11-,12+,13-,15+,16+/m1/s1. The zero-order valence-electron chi connectivity index (χ0n) is 14.1. The highest BCUT2D eigenvalue weighted by Crippen LogP contribution is 2.38. The number of rotatable bonds is 4. The number of carbonyl (C=O) groups is 2. The van der Waals surface area contributed by atoms with Crippen LogP contribution in [0.2, 0.25) is 0 Å². The van der Waals surface area contributed by atoms with Crippen molar-refractivity contribution in [2.24, 2.45) is 11.8 Å². The maximum absolute atomic E-state index is 12.2. The van der Waals surface area contributed by atoms with Gasteiger partial charge in [0.1, 0.15) is 30.2 Å². The van der Waals surface area contributed by atoms with Crippen molar-refractivity contribution in [3.63, 3.8) is 0 Å². The molecule has 0 amide bonds. The van der Waals surface area contributed by atoms with Gasteiger partial charge in [0, 0.05) is 5.92 Å². The predicted octanol–water partition coefficient (Wildman–Crippen LogP) is -2.19. The summed E-state index contributed by atoms with van der Waals surface area (Å²) in [7, 11) is 0. The van der Waals surface area contributed by atoms with E-state index in [0.29, 0.717) is 6.42 Å². The molecule has 3 aliphatic rings. The highest BCUT2D eigenvalue weighted by molar-refractivity contribution is 5.91. The molecule has 8 atom stereocenters. The van der Waals surface area contributed by atoms with Crippen molar-refractivity contribution < 1.29 is 49.0 Å². The second kappa shape index (κ2) is 7.59. The Hall–Kier alpha value is -1.56. The minimum absolute atomic E-state index is 0.164. The van der Waals surface area contributed by atoms with Crippen LogP contribution in [0.15, 0.2) is 11.8 Å². The molecule has 0 aliphatic carbocycles. The third-order valence-corrected chi connectivity index (χ3v) is 4.94. The summed E-state index contributed by atoms with van der Waals surface area (Å²) in [6.07, 6.45) is -6.93. The third-order valence-electron chi connectivity index (χ3n) is 4.94. The zero-order chi connectivity index (χ0) is 19.0. The SMILES string of the molecule is CC(=O)[C@@H]1[C@H](O[C@@H]2O[C@H](CO)[C@@H](O)[C@H](O)[C@H]2O)OC=C2C(=O)OCC[C@H]21. The number of aliphatic hydroxyl groups is 4. The number of ether oxygens (including phenoxy) is 4. The highest BCUT2D eigenvalue weighted by Gasteiger charge is 2.49. The summed E-state index contributed by atoms with van der Waals surface area (Å²) in [5.74, 6) is -2.14. The number of Topliss-reactive ketones (excluding diaryl/α,β-unsaturated/α-hetero) is 1. The molecule has 3 rings (SSSR count). The average molecular weight is 374 g/mol. The van der Waals surface area contributed by atoms with E-state index in [0.717, 1.165) is 0 Å². The van der Waals surface area contributed by atoms with Crippen molar-refractivity contribution in [2.75, 3.05) is 13.2 Å². The van der Waals surface area contributed by atoms with Crippen LogP contribution in [-0.2, 0) is 28.5 Å². The number of cyclic esters (lactones) is 1. The minimum atomic E-state index is -1.62. The second-order valence-corrected chi connectivity index (χ2v) is 6.58. The van der Waals surface area contributed by atoms with Gasteiger partial charge in [0.15, 0.2) is 6.29 Å². The monoisotopic (exact) mass is 374 g/mol. The first-order valence-corrected chi connectivity index (χ1v) is 8.34. The van der Waals surface area contributed by atoms with Crippen molar-refractivity contribution in [1.29, 1.82) is 0 Å². The van der Waals surface area contributed by atoms with Gasteiger partial charge in [-0.1, -0.05) is 0 Å². The Kier molecular flexibility index (Phi) is 5.61. The fraction of sp³-hybridized carbons (Fsp3) is 0.750. The van der Waals surface area contributed by atoms with Gasteiger partial charge in [-0.3, -0.25) is 4.79 Å². The summed E-state index contributed by atoms with van der Waals surface area (Å²) < 4.78 is 21.2. The maximum atomic E-state index is 12.2. The smallest absolute Gasteiger partial charge is 0.337 e. The first-order valence-electron chi connectivity index (χ1n) is 8.34. The second-order valence-electron chi connectivity index (χ2n) is 6.58. The Bertz CT molecular complexity index is 588. The van der Waals surface area contributed by atoms with Crippen LogP contribution < -0.4 is 0 Å². The van der Waals surface area contributed by atoms with Crippen LogP contribution in [0.5, 0.6) is 0 Å². The Morgan fingerprint density at radius 2 is 1.96 bits per heavy atom. The molecule has 0 saturated carbocycles. The topological polar surface area (TPSA) is 152 Å². The fourth-order valence-corrected chi connectivity index (χ4v) is 3.50. The van der Waals surface area contributed by atoms with Crippen LogP contribution in [0.3, 0.4) is 0 Å². The summed E-state index contributed by atoms with van der Waals surface area (Å²) in [5, 5.41) is 39.0. The van der Waals surface area contributed by atoms with E-state index in [1.54, 1.807) is 0 Å². The molecule has 0 aromatic rings. The van der Waals surface area contributed by atoms with Crippen LogP contribution in [0.4, 0.5) is 0 Å². The molecule has 0 bridgehead atoms. The van der Waals surface area contributed by atoms with Crippen molar-refractivity contribution >= 4 is 11.8 Å². The van der Waals surface area contributed by atoms with Gasteiger partial charge in [0.2, 0.25) is 6.29 Å². The van der Waals surface area contributed by atoms with E-state index in [4.69, 9.17) is 18.9 Å². The summed E-state index contributed by atoms with van der Waals surface area (Å²) in [5.41, 5.74) is 0.241. The van der Waals surface area contributed by atoms with Gasteiger partial charge in [-0.15, -0.1) is 0 Å². The number of aliphatic hydroxyl groups excluding tert-OH is 4. The van der Waals surface area contributed by atoms with Crippen LogP contribution in [-0.4, -0.2) is 82.4 Å². The molecule has 3 heterocycles. The molecular weight excluding hydrogens is 352 g/mol. The van der Waals surface area contributed by atoms with Crippen molar-refractivity contribution in [3.05, 3.63) is 11.8 Å². The van der Waals surface area contributed by atoms with Gasteiger partial charge < -0.3 is 39.4 Å². The molecule has 10 nitrogen and oxygen atoms in total. The summed E-state index contributed by atoms with van der Waals surface area (Å²) in [6.45, 7) is 0.892. The number of esters is 1. The van der Waals surface area contributed by atoms with E-state index in [2.05, 4.69) is 0 Å². The lowest BCUT2D eigenvalue weighted by atomic mass is 9.78. The van der Waals surface area contributed by atoms with Crippen LogP contribution >= 0.6 is 0 Å². The Morgan fingerprint density at radius 3 is 2.62 bits per heavy atom. The van der Waals surface area contributed by atoms with Crippen molar-refractivity contribution in [1.82, 2.24) is 0 Å². The highest BCUT2D eigenvalue weighted by atomic mass is 16.8. The lowest BCUT2D eigenvalue weighted by molar-refractivity contribution is -0.339. The average Bonchev–Trinajstić information content (AvgIpc) is 2.61. The number of ketones is 1. The number of hydrogen-bond donors (Lipinski definition) is 4. The Balaban J connectivity index is 1.79. The largest absolute Gasteiger partial charge is 0.471 e. The van der Waals surface area contributed by atoms with Gasteiger partial charge in [-0.2, -0.15) is 0 Å². The summed E-state index contributed by atoms with van der Waals surface area (Å²) >= 11 is 0. The van der Waals surface area contributed by atoms with E-state index in [9.17, 15) is 30.0 Å². The first kappa shape index (κ1) is 19.2. The molecule has 26 heavy (non-hydrogen) atoms. The van der Waals surface area contributed by atoms with Gasteiger partial charge in [0.25, 0.3) is 0 Å². The molecule has 10 heteroatoms. The molecule has 146 valence electrons. The van der Waals surface area contributed by atoms with E-state index >= 15 is 0 Å². The van der Waals surface area contributed by atoms with E-state index in [-0.39, 0.29) is 18.0 Å². The number of hydrogen-bond acceptors (Lipinski definition) is 10. The van der Waals surface area contributed by atoms with Gasteiger partial charge in [0.05, 0.1) is 31.0 Å². The van der Waals surface area contributed by atoms with E-state index in [1.807, 2.05) is 0 Å². The molecule has 0 unspecified atom stereocenters.